The normalized spacial score (nSPS) is 23.4. The number of hydrogen-bond donors (Lipinski definition) is 1. The van der Waals surface area contributed by atoms with Crippen LogP contribution < -0.4 is 10.1 Å². The summed E-state index contributed by atoms with van der Waals surface area (Å²) < 4.78 is 26.0. The van der Waals surface area contributed by atoms with Crippen molar-refractivity contribution in [2.75, 3.05) is 26.2 Å². The van der Waals surface area contributed by atoms with Crippen LogP contribution in [-0.4, -0.2) is 60.0 Å². The SMILES string of the molecule is CCOc1ccc2c(n1)CCN(CC(F)C1CCC(NC(=O)OC(C)(C)C)CC1)CC2. The maximum Gasteiger partial charge on any atom is 0.407 e. The molecule has 0 bridgehead atoms. The molecule has 0 spiro atoms. The van der Waals surface area contributed by atoms with E-state index in [1.54, 1.807) is 0 Å². The van der Waals surface area contributed by atoms with Crippen molar-refractivity contribution in [3.63, 3.8) is 0 Å². The highest BCUT2D eigenvalue weighted by molar-refractivity contribution is 5.68. The molecule has 1 N–H and O–H groups in total. The minimum Gasteiger partial charge on any atom is -0.478 e. The molecule has 1 fully saturated rings. The standard InChI is InChI=1S/C24H38FN3O3/c1-5-30-22-11-8-18-12-14-28(15-13-21(18)27-22)16-20(25)17-6-9-19(10-7-17)26-23(29)31-24(2,3)4/h8,11,17,19-20H,5-7,9-10,12-16H2,1-4H3,(H,26,29). The molecule has 1 aromatic rings. The van der Waals surface area contributed by atoms with Gasteiger partial charge in [0.15, 0.2) is 0 Å². The smallest absolute Gasteiger partial charge is 0.407 e. The van der Waals surface area contributed by atoms with E-state index in [9.17, 15) is 4.79 Å². The fraction of sp³-hybridized carbons (Fsp3) is 0.750. The minimum atomic E-state index is -0.837. The van der Waals surface area contributed by atoms with Gasteiger partial charge in [-0.05, 0) is 71.3 Å². The van der Waals surface area contributed by atoms with Crippen molar-refractivity contribution in [2.24, 2.45) is 5.92 Å². The molecule has 1 saturated carbocycles. The molecule has 6 nitrogen and oxygen atoms in total. The lowest BCUT2D eigenvalue weighted by molar-refractivity contribution is 0.0473. The zero-order valence-electron chi connectivity index (χ0n) is 19.5. The van der Waals surface area contributed by atoms with Crippen molar-refractivity contribution in [1.29, 1.82) is 0 Å². The number of ether oxygens (including phenoxy) is 2. The highest BCUT2D eigenvalue weighted by Crippen LogP contribution is 2.30. The Bertz CT molecular complexity index is 729. The molecule has 1 amide bonds. The van der Waals surface area contributed by atoms with Crippen molar-refractivity contribution in [2.45, 2.75) is 84.0 Å². The van der Waals surface area contributed by atoms with E-state index >= 15 is 4.39 Å². The molecule has 1 aliphatic carbocycles. The molecule has 0 radical (unpaired) electrons. The molecule has 1 aromatic heterocycles. The van der Waals surface area contributed by atoms with Crippen LogP contribution in [0.15, 0.2) is 12.1 Å². The van der Waals surface area contributed by atoms with Gasteiger partial charge < -0.3 is 14.8 Å². The van der Waals surface area contributed by atoms with E-state index in [1.165, 1.54) is 5.56 Å². The second kappa shape index (κ2) is 10.6. The Morgan fingerprint density at radius 3 is 2.61 bits per heavy atom. The molecular formula is C24H38FN3O3. The van der Waals surface area contributed by atoms with E-state index in [2.05, 4.69) is 21.3 Å². The highest BCUT2D eigenvalue weighted by atomic mass is 19.1. The number of amides is 1. The number of nitrogens with one attached hydrogen (secondary N) is 1. The zero-order valence-corrected chi connectivity index (χ0v) is 19.5. The summed E-state index contributed by atoms with van der Waals surface area (Å²) in [6.45, 7) is 10.3. The first-order valence-electron chi connectivity index (χ1n) is 11.7. The number of aromatic nitrogens is 1. The number of carbonyl (C=O) groups is 1. The van der Waals surface area contributed by atoms with Crippen molar-refractivity contribution >= 4 is 6.09 Å². The molecule has 174 valence electrons. The van der Waals surface area contributed by atoms with Gasteiger partial charge in [-0.2, -0.15) is 0 Å². The van der Waals surface area contributed by atoms with Crippen LogP contribution in [-0.2, 0) is 17.6 Å². The third-order valence-electron chi connectivity index (χ3n) is 6.13. The first kappa shape index (κ1) is 23.8. The number of hydrogen-bond acceptors (Lipinski definition) is 5. The molecule has 31 heavy (non-hydrogen) atoms. The number of halogens is 1. The fourth-order valence-corrected chi connectivity index (χ4v) is 4.51. The average molecular weight is 436 g/mol. The van der Waals surface area contributed by atoms with E-state index in [4.69, 9.17) is 9.47 Å². The van der Waals surface area contributed by atoms with Gasteiger partial charge in [0.1, 0.15) is 11.8 Å². The van der Waals surface area contributed by atoms with Gasteiger partial charge in [0, 0.05) is 43.9 Å². The summed E-state index contributed by atoms with van der Waals surface area (Å²) in [7, 11) is 0. The van der Waals surface area contributed by atoms with E-state index in [0.29, 0.717) is 19.0 Å². The minimum absolute atomic E-state index is 0.0602. The van der Waals surface area contributed by atoms with Gasteiger partial charge in [-0.1, -0.05) is 6.07 Å². The summed E-state index contributed by atoms with van der Waals surface area (Å²) in [6, 6.07) is 4.11. The lowest BCUT2D eigenvalue weighted by Gasteiger charge is -2.33. The van der Waals surface area contributed by atoms with Crippen molar-refractivity contribution in [1.82, 2.24) is 15.2 Å². The number of rotatable bonds is 6. The van der Waals surface area contributed by atoms with E-state index in [-0.39, 0.29) is 18.1 Å². The summed E-state index contributed by atoms with van der Waals surface area (Å²) in [4.78, 5) is 18.8. The molecular weight excluding hydrogens is 397 g/mol. The van der Waals surface area contributed by atoms with Gasteiger partial charge in [-0.15, -0.1) is 0 Å². The van der Waals surface area contributed by atoms with Crippen LogP contribution in [0.2, 0.25) is 0 Å². The predicted molar refractivity (Wildman–Crippen MR) is 119 cm³/mol. The summed E-state index contributed by atoms with van der Waals surface area (Å²) >= 11 is 0. The summed E-state index contributed by atoms with van der Waals surface area (Å²) in [5.41, 5.74) is 1.82. The van der Waals surface area contributed by atoms with Gasteiger partial charge in [-0.3, -0.25) is 4.90 Å². The second-order valence-electron chi connectivity index (χ2n) is 9.76. The molecule has 3 rings (SSSR count). The summed E-state index contributed by atoms with van der Waals surface area (Å²) in [6.07, 6.45) is 3.72. The molecule has 2 aliphatic rings. The van der Waals surface area contributed by atoms with Crippen molar-refractivity contribution in [3.05, 3.63) is 23.4 Å². The molecule has 0 aromatic carbocycles. The number of nitrogens with zero attached hydrogens (tertiary/aromatic N) is 2. The van der Waals surface area contributed by atoms with Crippen LogP contribution >= 0.6 is 0 Å². The van der Waals surface area contributed by atoms with E-state index in [0.717, 1.165) is 57.3 Å². The van der Waals surface area contributed by atoms with Crippen LogP contribution in [0.4, 0.5) is 9.18 Å². The number of fused-ring (bicyclic) bond motifs is 1. The first-order valence-corrected chi connectivity index (χ1v) is 11.7. The van der Waals surface area contributed by atoms with Crippen molar-refractivity contribution in [3.8, 4) is 5.88 Å². The van der Waals surface area contributed by atoms with Crippen LogP contribution in [0.1, 0.15) is 64.6 Å². The van der Waals surface area contributed by atoms with Gasteiger partial charge in [-0.25, -0.2) is 14.2 Å². The van der Waals surface area contributed by atoms with Gasteiger partial charge >= 0.3 is 6.09 Å². The van der Waals surface area contributed by atoms with Crippen molar-refractivity contribution < 1.29 is 18.7 Å². The molecule has 1 aliphatic heterocycles. The Labute approximate surface area is 185 Å². The maximum absolute atomic E-state index is 15.1. The molecule has 2 heterocycles. The number of alkyl carbamates (subject to hydrolysis) is 1. The zero-order chi connectivity index (χ0) is 22.4. The molecule has 0 saturated heterocycles. The third-order valence-corrected chi connectivity index (χ3v) is 6.13. The Morgan fingerprint density at radius 1 is 1.23 bits per heavy atom. The third kappa shape index (κ3) is 7.34. The molecule has 1 unspecified atom stereocenters. The molecule has 7 heteroatoms. The van der Waals surface area contributed by atoms with Crippen LogP contribution in [0.3, 0.4) is 0 Å². The van der Waals surface area contributed by atoms with Gasteiger partial charge in [0.2, 0.25) is 5.88 Å². The summed E-state index contributed by atoms with van der Waals surface area (Å²) in [5, 5.41) is 2.94. The van der Waals surface area contributed by atoms with Gasteiger partial charge in [0.05, 0.1) is 6.61 Å². The quantitative estimate of drug-likeness (QED) is 0.722. The van der Waals surface area contributed by atoms with Crippen LogP contribution in [0.25, 0.3) is 0 Å². The highest BCUT2D eigenvalue weighted by Gasteiger charge is 2.30. The fourth-order valence-electron chi connectivity index (χ4n) is 4.51. The lowest BCUT2D eigenvalue weighted by Crippen LogP contribution is -2.43. The average Bonchev–Trinajstić information content (AvgIpc) is 2.89. The Kier molecular flexibility index (Phi) is 8.14. The number of carbonyl (C=O) groups excluding carboxylic acids is 1. The first-order chi connectivity index (χ1) is 14.7. The maximum atomic E-state index is 15.1. The Morgan fingerprint density at radius 2 is 1.94 bits per heavy atom. The van der Waals surface area contributed by atoms with E-state index in [1.807, 2.05) is 33.8 Å². The van der Waals surface area contributed by atoms with Crippen LogP contribution in [0.5, 0.6) is 5.88 Å². The predicted octanol–water partition coefficient (Wildman–Crippen LogP) is 4.30. The monoisotopic (exact) mass is 435 g/mol. The second-order valence-corrected chi connectivity index (χ2v) is 9.76. The van der Waals surface area contributed by atoms with E-state index < -0.39 is 11.8 Å². The van der Waals surface area contributed by atoms with Gasteiger partial charge in [0.25, 0.3) is 0 Å². The Balaban J connectivity index is 1.43. The topological polar surface area (TPSA) is 63.7 Å². The van der Waals surface area contributed by atoms with Crippen LogP contribution in [0, 0.1) is 5.92 Å². The lowest BCUT2D eigenvalue weighted by atomic mass is 9.83. The number of pyridine rings is 1. The molecule has 1 atom stereocenters. The number of alkyl halides is 1. The summed E-state index contributed by atoms with van der Waals surface area (Å²) in [5.74, 6) is 0.736. The largest absolute Gasteiger partial charge is 0.478 e. The Hall–Kier alpha value is -1.89.